The van der Waals surface area contributed by atoms with Crippen molar-refractivity contribution in [1.29, 1.82) is 0 Å². The zero-order valence-electron chi connectivity index (χ0n) is 41.6. The first-order valence-corrected chi connectivity index (χ1v) is 26.9. The molecule has 16 nitrogen and oxygen atoms in total. The minimum absolute atomic E-state index is 0.0689. The van der Waals surface area contributed by atoms with Crippen LogP contribution in [0.5, 0.6) is 0 Å². The summed E-state index contributed by atoms with van der Waals surface area (Å²) in [7, 11) is -2.65. The first kappa shape index (κ1) is 51.3. The Bertz CT molecular complexity index is 2610. The fourth-order valence-corrected chi connectivity index (χ4v) is 15.2. The Morgan fingerprint density at radius 1 is 0.789 bits per heavy atom. The number of hydrogen-bond acceptors (Lipinski definition) is 15. The van der Waals surface area contributed by atoms with Gasteiger partial charge >= 0.3 is 30.0 Å². The van der Waals surface area contributed by atoms with Gasteiger partial charge in [-0.05, 0) is 73.0 Å². The number of benzene rings is 3. The van der Waals surface area contributed by atoms with Crippen molar-refractivity contribution in [2.45, 2.75) is 147 Å². The lowest BCUT2D eigenvalue weighted by Gasteiger charge is -2.68. The number of Topliss-reactive ketones (excluding diaryl/α,β-unsaturated/α-hetero) is 1. The van der Waals surface area contributed by atoms with E-state index in [2.05, 4.69) is 0 Å². The summed E-state index contributed by atoms with van der Waals surface area (Å²) in [5.74, 6) is -6.39. The Kier molecular flexibility index (Phi) is 13.9. The smallest absolute Gasteiger partial charge is 0.418 e. The molecule has 17 heteroatoms. The zero-order chi connectivity index (χ0) is 51.4. The van der Waals surface area contributed by atoms with E-state index < -0.39 is 127 Å². The van der Waals surface area contributed by atoms with Crippen LogP contribution in [0, 0.1) is 16.7 Å². The van der Waals surface area contributed by atoms with Gasteiger partial charge in [0.1, 0.15) is 30.0 Å². The highest BCUT2D eigenvalue weighted by molar-refractivity contribution is 6.73. The summed E-state index contributed by atoms with van der Waals surface area (Å²) in [5.41, 5.74) is -6.63. The van der Waals surface area contributed by atoms with Crippen LogP contribution in [0.15, 0.2) is 102 Å². The van der Waals surface area contributed by atoms with E-state index in [4.69, 9.17) is 32.8 Å². The molecule has 3 aromatic rings. The van der Waals surface area contributed by atoms with Gasteiger partial charge < -0.3 is 38.0 Å². The molecule has 0 spiro atoms. The predicted octanol–water partition coefficient (Wildman–Crippen LogP) is 7.64. The molecule has 0 aromatic heterocycles. The van der Waals surface area contributed by atoms with Crippen LogP contribution in [0.3, 0.4) is 0 Å². The molecule has 2 heterocycles. The van der Waals surface area contributed by atoms with E-state index in [9.17, 15) is 33.9 Å². The molecule has 2 amide bonds. The fraction of sp³-hybridized carbons (Fsp3) is 0.500. The van der Waals surface area contributed by atoms with Gasteiger partial charge in [0, 0.05) is 37.7 Å². The maximum Gasteiger partial charge on any atom is 0.418 e. The first-order valence-electron chi connectivity index (χ1n) is 24.4. The van der Waals surface area contributed by atoms with E-state index in [1.54, 1.807) is 94.4 Å². The van der Waals surface area contributed by atoms with E-state index in [0.29, 0.717) is 23.7 Å². The Morgan fingerprint density at radius 2 is 1.37 bits per heavy atom. The standard InChI is InChI=1S/C54H63NO15Si/c1-10-71(11-2,12-3)70-38-28-39-53(30-64-39,69-33(6)57)44-46(68-48(60)36-26-20-15-21-27-36)54(63)29-37(31(4)40(51(54,7)8)42(65-32(5)56)45(58)52(38,44)9)66-49(61)43-41(34-22-16-13-17-23-34)55(50(62)67-43)47(59)35-24-18-14-19-25-35/h13-27,37-39,41-44,46,63H,10-12,28-30H2,1-9H3/t37?,38-,39+,41-,42+,43+,44-,46-,52+,53-,54+/m0/s1. The topological polar surface area (TPSA) is 208 Å². The van der Waals surface area contributed by atoms with Gasteiger partial charge in [-0.2, -0.15) is 0 Å². The van der Waals surface area contributed by atoms with Gasteiger partial charge in [0.05, 0.1) is 29.6 Å². The number of rotatable bonds is 13. The van der Waals surface area contributed by atoms with E-state index in [-0.39, 0.29) is 35.3 Å². The Morgan fingerprint density at radius 3 is 1.90 bits per heavy atom. The summed E-state index contributed by atoms with van der Waals surface area (Å²) < 4.78 is 44.9. The van der Waals surface area contributed by atoms with Gasteiger partial charge in [0.25, 0.3) is 5.91 Å². The summed E-state index contributed by atoms with van der Waals surface area (Å²) in [6.45, 7) is 14.7. The lowest BCUT2D eigenvalue weighted by atomic mass is 9.44. The van der Waals surface area contributed by atoms with Crippen LogP contribution in [-0.2, 0) is 52.0 Å². The number of nitrogens with zero attached hydrogens (tertiary/aromatic N) is 1. The first-order chi connectivity index (χ1) is 33.6. The van der Waals surface area contributed by atoms with E-state index in [1.807, 2.05) is 20.8 Å². The quantitative estimate of drug-likeness (QED) is 0.0756. The fourth-order valence-electron chi connectivity index (χ4n) is 12.2. The van der Waals surface area contributed by atoms with Crippen molar-refractivity contribution in [3.8, 4) is 0 Å². The lowest BCUT2D eigenvalue weighted by Crippen LogP contribution is -2.82. The number of carbonyl (C=O) groups is 7. The van der Waals surface area contributed by atoms with E-state index in [1.165, 1.54) is 31.2 Å². The van der Waals surface area contributed by atoms with Crippen molar-refractivity contribution in [3.05, 3.63) is 119 Å². The summed E-state index contributed by atoms with van der Waals surface area (Å²) in [5, 5.41) is 14.2. The number of esters is 4. The third kappa shape index (κ3) is 8.41. The third-order valence-electron chi connectivity index (χ3n) is 16.3. The summed E-state index contributed by atoms with van der Waals surface area (Å²) in [6.07, 6.45) is -10.2. The van der Waals surface area contributed by atoms with Gasteiger partial charge in [0.2, 0.25) is 6.10 Å². The Labute approximate surface area is 414 Å². The minimum Gasteiger partial charge on any atom is -0.455 e. The average Bonchev–Trinajstić information content (AvgIpc) is 3.70. The van der Waals surface area contributed by atoms with Crippen molar-refractivity contribution in [1.82, 2.24) is 4.90 Å². The van der Waals surface area contributed by atoms with Gasteiger partial charge in [-0.3, -0.25) is 19.2 Å². The van der Waals surface area contributed by atoms with Crippen LogP contribution < -0.4 is 0 Å². The molecule has 1 N–H and O–H groups in total. The minimum atomic E-state index is -2.65. The molecule has 71 heavy (non-hydrogen) atoms. The van der Waals surface area contributed by atoms with Crippen molar-refractivity contribution < 1.29 is 71.5 Å². The van der Waals surface area contributed by atoms with Crippen LogP contribution in [0.1, 0.15) is 107 Å². The van der Waals surface area contributed by atoms with Crippen LogP contribution in [0.25, 0.3) is 0 Å². The molecule has 3 aliphatic carbocycles. The van der Waals surface area contributed by atoms with Crippen LogP contribution in [0.4, 0.5) is 4.79 Å². The van der Waals surface area contributed by atoms with Crippen LogP contribution >= 0.6 is 0 Å². The molecule has 2 bridgehead atoms. The molecule has 2 aliphatic heterocycles. The Hall–Kier alpha value is -6.01. The number of carbonyl (C=O) groups excluding carboxylic acids is 7. The number of aliphatic hydroxyl groups is 1. The number of fused-ring (bicyclic) bond motifs is 5. The number of ether oxygens (including phenoxy) is 6. The van der Waals surface area contributed by atoms with Gasteiger partial charge in [-0.15, -0.1) is 0 Å². The van der Waals surface area contributed by atoms with Crippen LogP contribution in [0.2, 0.25) is 18.1 Å². The maximum atomic E-state index is 16.4. The molecule has 2 saturated carbocycles. The molecule has 0 radical (unpaired) electrons. The number of imide groups is 1. The molecule has 3 aromatic carbocycles. The third-order valence-corrected chi connectivity index (χ3v) is 21.0. The SMILES string of the molecule is CC[Si](CC)(CC)O[C@H]1C[C@H]2OC[C@@]2(OC(C)=O)[C@H]2[C@H](OC(=O)c3ccccc3)[C@]3(O)CC(OC(=O)[C@@H]4OC(=O)N(C(=O)c5ccccc5)[C@H]4c4ccccc4)C(C)=C([C@@H](OC(C)=O)C(=O)[C@]12C)C3(C)C. The van der Waals surface area contributed by atoms with E-state index in [0.717, 1.165) is 11.8 Å². The molecule has 11 atom stereocenters. The summed E-state index contributed by atoms with van der Waals surface area (Å²) >= 11 is 0. The molecular weight excluding hydrogens is 931 g/mol. The van der Waals surface area contributed by atoms with Gasteiger partial charge in [0.15, 0.2) is 25.8 Å². The van der Waals surface area contributed by atoms with Crippen molar-refractivity contribution in [3.63, 3.8) is 0 Å². The van der Waals surface area contributed by atoms with Crippen molar-refractivity contribution >= 4 is 50.0 Å². The van der Waals surface area contributed by atoms with Crippen LogP contribution in [-0.4, -0.2) is 114 Å². The highest BCUT2D eigenvalue weighted by Crippen LogP contribution is 2.65. The normalized spacial score (nSPS) is 31.9. The highest BCUT2D eigenvalue weighted by atomic mass is 28.4. The number of cyclic esters (lactones) is 1. The summed E-state index contributed by atoms with van der Waals surface area (Å²) in [6, 6.07) is 25.2. The van der Waals surface area contributed by atoms with Gasteiger partial charge in [-0.25, -0.2) is 19.3 Å². The second-order valence-corrected chi connectivity index (χ2v) is 24.9. The largest absolute Gasteiger partial charge is 0.455 e. The number of hydrogen-bond donors (Lipinski definition) is 1. The van der Waals surface area contributed by atoms with Gasteiger partial charge in [-0.1, -0.05) is 101 Å². The molecule has 378 valence electrons. The average molecular weight is 994 g/mol. The second-order valence-electron chi connectivity index (χ2n) is 20.2. The number of amides is 2. The lowest BCUT2D eigenvalue weighted by molar-refractivity contribution is -0.344. The molecule has 8 rings (SSSR count). The molecule has 5 aliphatic rings. The van der Waals surface area contributed by atoms with Crippen molar-refractivity contribution in [2.75, 3.05) is 6.61 Å². The maximum absolute atomic E-state index is 16.4. The molecule has 4 fully saturated rings. The number of ketones is 1. The molecule has 1 unspecified atom stereocenters. The van der Waals surface area contributed by atoms with E-state index >= 15 is 4.79 Å². The highest BCUT2D eigenvalue weighted by Gasteiger charge is 2.79. The summed E-state index contributed by atoms with van der Waals surface area (Å²) in [4.78, 5) is 102. The Balaban J connectivity index is 1.33. The molecule has 2 saturated heterocycles. The second kappa shape index (κ2) is 19.2. The zero-order valence-corrected chi connectivity index (χ0v) is 42.6. The van der Waals surface area contributed by atoms with Crippen molar-refractivity contribution in [2.24, 2.45) is 16.7 Å². The predicted molar refractivity (Wildman–Crippen MR) is 257 cm³/mol. The molecular formula is C54H63NO15Si. The monoisotopic (exact) mass is 993 g/mol.